The molecule has 19 heavy (non-hydrogen) atoms. The number of thiazole rings is 1. The van der Waals surface area contributed by atoms with Crippen LogP contribution in [0.5, 0.6) is 5.75 Å². The number of aryl methyl sites for hydroxylation is 1. The van der Waals surface area contributed by atoms with Crippen LogP contribution in [0.25, 0.3) is 11.3 Å². The van der Waals surface area contributed by atoms with Crippen LogP contribution in [-0.2, 0) is 11.2 Å². The van der Waals surface area contributed by atoms with Gasteiger partial charge in [0.1, 0.15) is 5.75 Å². The van der Waals surface area contributed by atoms with E-state index in [1.165, 1.54) is 0 Å². The van der Waals surface area contributed by atoms with Gasteiger partial charge in [0, 0.05) is 17.4 Å². The van der Waals surface area contributed by atoms with E-state index in [0.717, 1.165) is 29.1 Å². The highest BCUT2D eigenvalue weighted by molar-refractivity contribution is 7.09. The topological polar surface area (TPSA) is 70.4 Å². The fourth-order valence-electron chi connectivity index (χ4n) is 1.79. The molecule has 0 aliphatic rings. The molecule has 0 radical (unpaired) electrons. The van der Waals surface area contributed by atoms with Gasteiger partial charge in [-0.2, -0.15) is 0 Å². The third-order valence-corrected chi connectivity index (χ3v) is 3.67. The molecule has 1 aromatic heterocycles. The maximum absolute atomic E-state index is 10.4. The van der Waals surface area contributed by atoms with Crippen LogP contribution in [-0.4, -0.2) is 21.2 Å². The average Bonchev–Trinajstić information content (AvgIpc) is 2.83. The standard InChI is InChI=1S/C14H15NO3S/c16-12-6-2-1-5-10(12)11-9-19-13(15-11)7-3-4-8-14(17)18/h1-2,5-6,9,16H,3-4,7-8H2,(H,17,18). The molecule has 100 valence electrons. The fraction of sp³-hybridized carbons (Fsp3) is 0.286. The Kier molecular flexibility index (Phi) is 4.52. The summed E-state index contributed by atoms with van der Waals surface area (Å²) >= 11 is 1.54. The number of aromatic hydroxyl groups is 1. The first-order valence-electron chi connectivity index (χ1n) is 6.11. The van der Waals surface area contributed by atoms with Crippen molar-refractivity contribution >= 4 is 17.3 Å². The SMILES string of the molecule is O=C(O)CCCCc1nc(-c2ccccc2O)cs1. The smallest absolute Gasteiger partial charge is 0.303 e. The van der Waals surface area contributed by atoms with Crippen LogP contribution in [0.4, 0.5) is 0 Å². The molecule has 2 aromatic rings. The van der Waals surface area contributed by atoms with E-state index in [2.05, 4.69) is 4.98 Å². The lowest BCUT2D eigenvalue weighted by Gasteiger charge is -1.99. The van der Waals surface area contributed by atoms with E-state index in [1.807, 2.05) is 17.5 Å². The van der Waals surface area contributed by atoms with Gasteiger partial charge < -0.3 is 10.2 Å². The van der Waals surface area contributed by atoms with Crippen molar-refractivity contribution < 1.29 is 15.0 Å². The van der Waals surface area contributed by atoms with Gasteiger partial charge in [-0.1, -0.05) is 12.1 Å². The molecule has 4 nitrogen and oxygen atoms in total. The van der Waals surface area contributed by atoms with E-state index in [1.54, 1.807) is 23.5 Å². The Hall–Kier alpha value is -1.88. The fourth-order valence-corrected chi connectivity index (χ4v) is 2.63. The van der Waals surface area contributed by atoms with Gasteiger partial charge in [0.2, 0.25) is 0 Å². The number of hydrogen-bond acceptors (Lipinski definition) is 4. The highest BCUT2D eigenvalue weighted by Crippen LogP contribution is 2.29. The Morgan fingerprint density at radius 3 is 2.79 bits per heavy atom. The van der Waals surface area contributed by atoms with Crippen LogP contribution in [0.2, 0.25) is 0 Å². The van der Waals surface area contributed by atoms with Gasteiger partial charge in [0.05, 0.1) is 10.7 Å². The number of benzene rings is 1. The van der Waals surface area contributed by atoms with Gasteiger partial charge in [-0.15, -0.1) is 11.3 Å². The number of hydrogen-bond donors (Lipinski definition) is 2. The molecule has 0 fully saturated rings. The normalized spacial score (nSPS) is 10.5. The van der Waals surface area contributed by atoms with Crippen molar-refractivity contribution in [2.24, 2.45) is 0 Å². The van der Waals surface area contributed by atoms with Crippen molar-refractivity contribution in [3.05, 3.63) is 34.7 Å². The first-order chi connectivity index (χ1) is 9.16. The summed E-state index contributed by atoms with van der Waals surface area (Å²) in [7, 11) is 0. The number of rotatable bonds is 6. The Bertz CT molecular complexity index is 565. The third-order valence-electron chi connectivity index (χ3n) is 2.76. The predicted octanol–water partition coefficient (Wildman–Crippen LogP) is 3.31. The minimum Gasteiger partial charge on any atom is -0.507 e. The average molecular weight is 277 g/mol. The second-order valence-electron chi connectivity index (χ2n) is 4.24. The van der Waals surface area contributed by atoms with E-state index >= 15 is 0 Å². The summed E-state index contributed by atoms with van der Waals surface area (Å²) in [5.41, 5.74) is 1.51. The quantitative estimate of drug-likeness (QED) is 0.795. The van der Waals surface area contributed by atoms with Crippen molar-refractivity contribution in [3.63, 3.8) is 0 Å². The summed E-state index contributed by atoms with van der Waals surface area (Å²) in [6.07, 6.45) is 2.48. The number of phenols is 1. The number of carboxylic acid groups (broad SMARTS) is 1. The van der Waals surface area contributed by atoms with Crippen LogP contribution in [0, 0.1) is 0 Å². The lowest BCUT2D eigenvalue weighted by atomic mass is 10.1. The molecule has 2 rings (SSSR count). The van der Waals surface area contributed by atoms with Gasteiger partial charge in [-0.3, -0.25) is 4.79 Å². The maximum atomic E-state index is 10.4. The Morgan fingerprint density at radius 2 is 2.05 bits per heavy atom. The van der Waals surface area contributed by atoms with Crippen molar-refractivity contribution in [3.8, 4) is 17.0 Å². The van der Waals surface area contributed by atoms with Crippen molar-refractivity contribution in [2.45, 2.75) is 25.7 Å². The summed E-state index contributed by atoms with van der Waals surface area (Å²) in [5.74, 6) is -0.528. The monoisotopic (exact) mass is 277 g/mol. The number of para-hydroxylation sites is 1. The molecule has 1 heterocycles. The highest BCUT2D eigenvalue weighted by Gasteiger charge is 2.08. The van der Waals surface area contributed by atoms with E-state index in [0.29, 0.717) is 6.42 Å². The molecule has 0 aliphatic heterocycles. The van der Waals surface area contributed by atoms with Crippen molar-refractivity contribution in [1.82, 2.24) is 4.98 Å². The Balaban J connectivity index is 1.96. The van der Waals surface area contributed by atoms with Crippen LogP contribution < -0.4 is 0 Å². The van der Waals surface area contributed by atoms with E-state index in [4.69, 9.17) is 5.11 Å². The molecule has 2 N–H and O–H groups in total. The second kappa shape index (κ2) is 6.33. The molecule has 0 aliphatic carbocycles. The van der Waals surface area contributed by atoms with Crippen molar-refractivity contribution in [2.75, 3.05) is 0 Å². The van der Waals surface area contributed by atoms with Crippen molar-refractivity contribution in [1.29, 1.82) is 0 Å². The summed E-state index contributed by atoms with van der Waals surface area (Å²) in [6, 6.07) is 7.11. The second-order valence-corrected chi connectivity index (χ2v) is 5.19. The van der Waals surface area contributed by atoms with Crippen LogP contribution in [0.3, 0.4) is 0 Å². The number of carbonyl (C=O) groups is 1. The molecule has 0 atom stereocenters. The van der Waals surface area contributed by atoms with Gasteiger partial charge in [0.15, 0.2) is 0 Å². The number of phenolic OH excluding ortho intramolecular Hbond substituents is 1. The van der Waals surface area contributed by atoms with Gasteiger partial charge in [-0.05, 0) is 31.4 Å². The first kappa shape index (κ1) is 13.5. The minimum absolute atomic E-state index is 0.206. The summed E-state index contributed by atoms with van der Waals surface area (Å²) in [6.45, 7) is 0. The molecule has 1 aromatic carbocycles. The number of unbranched alkanes of at least 4 members (excludes halogenated alkanes) is 1. The van der Waals surface area contributed by atoms with Gasteiger partial charge >= 0.3 is 5.97 Å². The summed E-state index contributed by atoms with van der Waals surface area (Å²) in [4.78, 5) is 14.9. The number of nitrogens with zero attached hydrogens (tertiary/aromatic N) is 1. The Labute approximate surface area is 115 Å². The molecule has 5 heteroatoms. The minimum atomic E-state index is -0.756. The van der Waals surface area contributed by atoms with Crippen LogP contribution >= 0.6 is 11.3 Å². The summed E-state index contributed by atoms with van der Waals surface area (Å²) < 4.78 is 0. The summed E-state index contributed by atoms with van der Waals surface area (Å²) in [5, 5.41) is 21.2. The first-order valence-corrected chi connectivity index (χ1v) is 6.99. The van der Waals surface area contributed by atoms with E-state index in [9.17, 15) is 9.90 Å². The zero-order valence-electron chi connectivity index (χ0n) is 10.4. The maximum Gasteiger partial charge on any atom is 0.303 e. The zero-order valence-corrected chi connectivity index (χ0v) is 11.2. The Morgan fingerprint density at radius 1 is 1.26 bits per heavy atom. The molecular formula is C14H15NO3S. The molecule has 0 spiro atoms. The van der Waals surface area contributed by atoms with Gasteiger partial charge in [-0.25, -0.2) is 4.98 Å². The van der Waals surface area contributed by atoms with E-state index < -0.39 is 5.97 Å². The van der Waals surface area contributed by atoms with Crippen LogP contribution in [0.15, 0.2) is 29.6 Å². The largest absolute Gasteiger partial charge is 0.507 e. The highest BCUT2D eigenvalue weighted by atomic mass is 32.1. The van der Waals surface area contributed by atoms with Gasteiger partial charge in [0.25, 0.3) is 0 Å². The number of aliphatic carboxylic acids is 1. The predicted molar refractivity (Wildman–Crippen MR) is 74.4 cm³/mol. The molecule has 0 saturated heterocycles. The van der Waals surface area contributed by atoms with Crippen LogP contribution in [0.1, 0.15) is 24.3 Å². The molecule has 0 unspecified atom stereocenters. The molecule has 0 saturated carbocycles. The lowest BCUT2D eigenvalue weighted by molar-refractivity contribution is -0.137. The number of carboxylic acids is 1. The number of aromatic nitrogens is 1. The third kappa shape index (κ3) is 3.79. The van der Waals surface area contributed by atoms with E-state index in [-0.39, 0.29) is 12.2 Å². The zero-order chi connectivity index (χ0) is 13.7. The molecular weight excluding hydrogens is 262 g/mol. The molecule has 0 amide bonds. The molecule has 0 bridgehead atoms. The lowest BCUT2D eigenvalue weighted by Crippen LogP contribution is -1.94.